The lowest BCUT2D eigenvalue weighted by atomic mass is 10.2. The zero-order valence-electron chi connectivity index (χ0n) is 11.7. The van der Waals surface area contributed by atoms with Gasteiger partial charge in [-0.2, -0.15) is 0 Å². The number of likely N-dealkylation sites (tertiary alicyclic amines) is 1. The first kappa shape index (κ1) is 15.8. The molecule has 1 heterocycles. The summed E-state index contributed by atoms with van der Waals surface area (Å²) in [6.45, 7) is 1.67. The van der Waals surface area contributed by atoms with E-state index in [4.69, 9.17) is 5.11 Å². The lowest BCUT2D eigenvalue weighted by Crippen LogP contribution is -2.40. The number of carbonyl (C=O) groups is 2. The molecule has 1 fully saturated rings. The first-order chi connectivity index (χ1) is 9.97. The van der Waals surface area contributed by atoms with E-state index in [9.17, 15) is 9.59 Å². The summed E-state index contributed by atoms with van der Waals surface area (Å²) in [7, 11) is 2.05. The maximum Gasteiger partial charge on any atom is 0.335 e. The zero-order chi connectivity index (χ0) is 15.4. The molecule has 2 rings (SSSR count). The third kappa shape index (κ3) is 4.18. The molecule has 114 valence electrons. The van der Waals surface area contributed by atoms with Gasteiger partial charge in [0.05, 0.1) is 11.3 Å². The lowest BCUT2D eigenvalue weighted by molar-refractivity contribution is 0.0697. The van der Waals surface area contributed by atoms with E-state index >= 15 is 0 Å². The number of urea groups is 1. The van der Waals surface area contributed by atoms with Crippen molar-refractivity contribution in [2.75, 3.05) is 25.5 Å². The summed E-state index contributed by atoms with van der Waals surface area (Å²) in [5.74, 6) is -1.00. The fourth-order valence-electron chi connectivity index (χ4n) is 2.36. The van der Waals surface area contributed by atoms with Crippen molar-refractivity contribution in [3.05, 3.63) is 28.2 Å². The van der Waals surface area contributed by atoms with Gasteiger partial charge in [-0.1, -0.05) is 0 Å². The molecular weight excluding hydrogens is 338 g/mol. The van der Waals surface area contributed by atoms with E-state index < -0.39 is 5.97 Å². The van der Waals surface area contributed by atoms with Crippen LogP contribution in [0.3, 0.4) is 0 Å². The van der Waals surface area contributed by atoms with Crippen LogP contribution >= 0.6 is 15.9 Å². The third-order valence-corrected chi connectivity index (χ3v) is 4.29. The maximum atomic E-state index is 11.9. The monoisotopic (exact) mass is 355 g/mol. The number of aromatic carboxylic acids is 1. The Bertz CT molecular complexity index is 550. The molecule has 0 bridgehead atoms. The molecule has 1 aliphatic heterocycles. The van der Waals surface area contributed by atoms with E-state index in [0.29, 0.717) is 22.7 Å². The number of carboxylic acids is 1. The number of hydrogen-bond donors (Lipinski definition) is 3. The summed E-state index contributed by atoms with van der Waals surface area (Å²) in [5, 5.41) is 14.4. The van der Waals surface area contributed by atoms with Gasteiger partial charge in [-0.3, -0.25) is 0 Å². The van der Waals surface area contributed by atoms with Crippen molar-refractivity contribution in [3.63, 3.8) is 0 Å². The predicted octanol–water partition coefficient (Wildman–Crippen LogP) is 2.36. The maximum absolute atomic E-state index is 11.9. The molecular formula is C14H18BrN3O3. The van der Waals surface area contributed by atoms with Crippen LogP contribution in [0.1, 0.15) is 23.2 Å². The summed E-state index contributed by atoms with van der Waals surface area (Å²) in [6.07, 6.45) is 2.25. The second-order valence-electron chi connectivity index (χ2n) is 5.11. The SMILES string of the molecule is CN1CCCC1CNC(=O)Nc1ccc(C(=O)O)cc1Br. The third-order valence-electron chi connectivity index (χ3n) is 3.63. The Labute approximate surface area is 131 Å². The van der Waals surface area contributed by atoms with Crippen molar-refractivity contribution in [3.8, 4) is 0 Å². The summed E-state index contributed by atoms with van der Waals surface area (Å²) < 4.78 is 0.538. The molecule has 7 heteroatoms. The fraction of sp³-hybridized carbons (Fsp3) is 0.429. The van der Waals surface area contributed by atoms with Crippen molar-refractivity contribution in [1.29, 1.82) is 0 Å². The van der Waals surface area contributed by atoms with Crippen molar-refractivity contribution < 1.29 is 14.7 Å². The topological polar surface area (TPSA) is 81.7 Å². The number of benzene rings is 1. The van der Waals surface area contributed by atoms with Crippen LogP contribution < -0.4 is 10.6 Å². The first-order valence-corrected chi connectivity index (χ1v) is 7.54. The Morgan fingerprint density at radius 3 is 2.81 bits per heavy atom. The molecule has 1 atom stereocenters. The number of halogens is 1. The fourth-order valence-corrected chi connectivity index (χ4v) is 2.84. The van der Waals surface area contributed by atoms with E-state index in [2.05, 4.69) is 38.5 Å². The Morgan fingerprint density at radius 1 is 1.48 bits per heavy atom. The molecule has 0 radical (unpaired) electrons. The summed E-state index contributed by atoms with van der Waals surface area (Å²) in [6, 6.07) is 4.57. The predicted molar refractivity (Wildman–Crippen MR) is 83.8 cm³/mol. The summed E-state index contributed by atoms with van der Waals surface area (Å²) >= 11 is 3.26. The van der Waals surface area contributed by atoms with Crippen LogP contribution in [0.4, 0.5) is 10.5 Å². The van der Waals surface area contributed by atoms with Gasteiger partial charge in [-0.25, -0.2) is 9.59 Å². The lowest BCUT2D eigenvalue weighted by Gasteiger charge is -2.19. The van der Waals surface area contributed by atoms with Gasteiger partial charge in [0.1, 0.15) is 0 Å². The number of rotatable bonds is 4. The van der Waals surface area contributed by atoms with Crippen molar-refractivity contribution >= 4 is 33.6 Å². The average Bonchev–Trinajstić information content (AvgIpc) is 2.84. The van der Waals surface area contributed by atoms with Gasteiger partial charge in [0, 0.05) is 17.1 Å². The molecule has 2 amide bonds. The second kappa shape index (κ2) is 6.91. The highest BCUT2D eigenvalue weighted by Crippen LogP contribution is 2.23. The van der Waals surface area contributed by atoms with E-state index in [-0.39, 0.29) is 11.6 Å². The number of nitrogens with one attached hydrogen (secondary N) is 2. The zero-order valence-corrected chi connectivity index (χ0v) is 13.3. The van der Waals surface area contributed by atoms with Crippen molar-refractivity contribution in [2.45, 2.75) is 18.9 Å². The van der Waals surface area contributed by atoms with Crippen LogP contribution in [0.5, 0.6) is 0 Å². The molecule has 0 aromatic heterocycles. The Balaban J connectivity index is 1.89. The molecule has 1 aliphatic rings. The van der Waals surface area contributed by atoms with Gasteiger partial charge >= 0.3 is 12.0 Å². The largest absolute Gasteiger partial charge is 0.478 e. The molecule has 0 spiro atoms. The number of carbonyl (C=O) groups excluding carboxylic acids is 1. The smallest absolute Gasteiger partial charge is 0.335 e. The van der Waals surface area contributed by atoms with E-state index in [1.54, 1.807) is 6.07 Å². The number of amides is 2. The van der Waals surface area contributed by atoms with Gasteiger partial charge in [-0.05, 0) is 60.6 Å². The van der Waals surface area contributed by atoms with Crippen LogP contribution in [0, 0.1) is 0 Å². The molecule has 1 saturated heterocycles. The highest BCUT2D eigenvalue weighted by Gasteiger charge is 2.21. The first-order valence-electron chi connectivity index (χ1n) is 6.75. The number of hydrogen-bond acceptors (Lipinski definition) is 3. The minimum Gasteiger partial charge on any atom is -0.478 e. The minimum atomic E-state index is -1.00. The molecule has 1 unspecified atom stereocenters. The molecule has 1 aromatic carbocycles. The number of nitrogens with zero attached hydrogens (tertiary/aromatic N) is 1. The molecule has 3 N–H and O–H groups in total. The number of carboxylic acid groups (broad SMARTS) is 1. The Kier molecular flexibility index (Phi) is 5.19. The quantitative estimate of drug-likeness (QED) is 0.774. The minimum absolute atomic E-state index is 0.167. The van der Waals surface area contributed by atoms with Crippen molar-refractivity contribution in [2.24, 2.45) is 0 Å². The van der Waals surface area contributed by atoms with Crippen LogP contribution in [-0.4, -0.2) is 48.2 Å². The van der Waals surface area contributed by atoms with E-state index in [1.807, 2.05) is 0 Å². The normalized spacial score (nSPS) is 18.5. The molecule has 21 heavy (non-hydrogen) atoms. The Hall–Kier alpha value is -1.60. The summed E-state index contributed by atoms with van der Waals surface area (Å²) in [4.78, 5) is 24.9. The van der Waals surface area contributed by atoms with Crippen LogP contribution in [0.15, 0.2) is 22.7 Å². The van der Waals surface area contributed by atoms with Gasteiger partial charge in [0.25, 0.3) is 0 Å². The Morgan fingerprint density at radius 2 is 2.24 bits per heavy atom. The van der Waals surface area contributed by atoms with Gasteiger partial charge in [0.15, 0.2) is 0 Å². The van der Waals surface area contributed by atoms with Crippen LogP contribution in [0.2, 0.25) is 0 Å². The summed E-state index contributed by atoms with van der Waals surface area (Å²) in [5.41, 5.74) is 0.706. The highest BCUT2D eigenvalue weighted by molar-refractivity contribution is 9.10. The highest BCUT2D eigenvalue weighted by atomic mass is 79.9. The standard InChI is InChI=1S/C14H18BrN3O3/c1-18-6-2-3-10(18)8-16-14(21)17-12-5-4-9(13(19)20)7-11(12)15/h4-5,7,10H,2-3,6,8H2,1H3,(H,19,20)(H2,16,17,21). The number of likely N-dealkylation sites (N-methyl/N-ethyl adjacent to an activating group) is 1. The van der Waals surface area contributed by atoms with E-state index in [0.717, 1.165) is 19.4 Å². The number of anilines is 1. The molecule has 1 aromatic rings. The van der Waals surface area contributed by atoms with Gasteiger partial charge in [0.2, 0.25) is 0 Å². The second-order valence-corrected chi connectivity index (χ2v) is 5.97. The average molecular weight is 356 g/mol. The van der Waals surface area contributed by atoms with E-state index in [1.165, 1.54) is 12.1 Å². The van der Waals surface area contributed by atoms with Crippen LogP contribution in [-0.2, 0) is 0 Å². The molecule has 0 aliphatic carbocycles. The molecule has 0 saturated carbocycles. The van der Waals surface area contributed by atoms with Gasteiger partial charge < -0.3 is 20.6 Å². The van der Waals surface area contributed by atoms with Crippen molar-refractivity contribution in [1.82, 2.24) is 10.2 Å². The van der Waals surface area contributed by atoms with Crippen LogP contribution in [0.25, 0.3) is 0 Å². The molecule has 6 nitrogen and oxygen atoms in total. The van der Waals surface area contributed by atoms with Gasteiger partial charge in [-0.15, -0.1) is 0 Å².